The Morgan fingerprint density at radius 2 is 1.61 bits per heavy atom. The minimum absolute atomic E-state index is 0.124. The van der Waals surface area contributed by atoms with Crippen molar-refractivity contribution in [3.8, 4) is 11.6 Å². The van der Waals surface area contributed by atoms with Crippen molar-refractivity contribution in [3.05, 3.63) is 118 Å². The van der Waals surface area contributed by atoms with E-state index in [1.807, 2.05) is 97.9 Å². The largest absolute Gasteiger partial charge is 0.471 e. The summed E-state index contributed by atoms with van der Waals surface area (Å²) in [6.45, 7) is 2.05. The lowest BCUT2D eigenvalue weighted by Gasteiger charge is -2.14. The minimum Gasteiger partial charge on any atom is -0.471 e. The van der Waals surface area contributed by atoms with Gasteiger partial charge in [-0.15, -0.1) is 0 Å². The molecule has 0 saturated heterocycles. The number of para-hydroxylation sites is 2. The zero-order valence-electron chi connectivity index (χ0n) is 20.3. The lowest BCUT2D eigenvalue weighted by atomic mass is 9.94. The molecular formula is C30H20BrN5O2. The van der Waals surface area contributed by atoms with Gasteiger partial charge in [0, 0.05) is 15.4 Å². The maximum atomic E-state index is 14.0. The van der Waals surface area contributed by atoms with Gasteiger partial charge in [0.1, 0.15) is 12.3 Å². The van der Waals surface area contributed by atoms with Gasteiger partial charge in [-0.25, -0.2) is 9.67 Å². The quantitative estimate of drug-likeness (QED) is 0.267. The van der Waals surface area contributed by atoms with Gasteiger partial charge >= 0.3 is 0 Å². The molecule has 5 aromatic rings. The minimum atomic E-state index is -0.220. The first-order valence-electron chi connectivity index (χ1n) is 12.1. The number of benzene rings is 3. The lowest BCUT2D eigenvalue weighted by Crippen LogP contribution is -2.22. The number of halogens is 1. The number of rotatable bonds is 3. The molecule has 8 heteroatoms. The molecule has 38 heavy (non-hydrogen) atoms. The van der Waals surface area contributed by atoms with E-state index in [2.05, 4.69) is 15.9 Å². The number of aromatic nitrogens is 3. The predicted molar refractivity (Wildman–Crippen MR) is 151 cm³/mol. The van der Waals surface area contributed by atoms with Gasteiger partial charge in [-0.1, -0.05) is 58.4 Å². The van der Waals surface area contributed by atoms with E-state index in [0.29, 0.717) is 34.1 Å². The molecule has 0 spiro atoms. The summed E-state index contributed by atoms with van der Waals surface area (Å²) in [7, 11) is 0. The molecular weight excluding hydrogens is 542 g/mol. The molecule has 1 amide bonds. The Morgan fingerprint density at radius 1 is 0.868 bits per heavy atom. The Bertz CT molecular complexity index is 1810. The van der Waals surface area contributed by atoms with Crippen LogP contribution in [0.5, 0.6) is 5.88 Å². The van der Waals surface area contributed by atoms with Crippen molar-refractivity contribution in [3.63, 3.8) is 0 Å². The van der Waals surface area contributed by atoms with Gasteiger partial charge in [0.15, 0.2) is 0 Å². The molecule has 0 fully saturated rings. The first kappa shape index (κ1) is 22.6. The Kier molecular flexibility index (Phi) is 5.23. The second-order valence-corrected chi connectivity index (χ2v) is 10.00. The van der Waals surface area contributed by atoms with Crippen LogP contribution in [0.1, 0.15) is 17.0 Å². The molecule has 0 bridgehead atoms. The standard InChI is InChI=1S/C30H20BrN5O2/c1-18-26-27(24-14-12-19-16-20(31)13-15-23(19)32-24)28-25(34-35(29(28)37)21-8-4-2-5-9-21)17-38-30(26)36(33-18)22-10-6-3-7-11-22/h2-16H,17H2,1H3. The molecule has 3 aromatic carbocycles. The van der Waals surface area contributed by atoms with Crippen molar-refractivity contribution in [2.45, 2.75) is 6.92 Å². The van der Waals surface area contributed by atoms with E-state index in [1.54, 1.807) is 4.68 Å². The van der Waals surface area contributed by atoms with E-state index in [1.165, 1.54) is 5.01 Å². The second-order valence-electron chi connectivity index (χ2n) is 9.08. The molecule has 0 unspecified atom stereocenters. The van der Waals surface area contributed by atoms with E-state index in [0.717, 1.165) is 32.3 Å². The average molecular weight is 562 g/mol. The van der Waals surface area contributed by atoms with Crippen LogP contribution in [0.4, 0.5) is 5.69 Å². The summed E-state index contributed by atoms with van der Waals surface area (Å²) in [5, 5.41) is 12.0. The highest BCUT2D eigenvalue weighted by Gasteiger charge is 2.40. The fraction of sp³-hybridized carbons (Fsp3) is 0.0667. The summed E-state index contributed by atoms with van der Waals surface area (Å²) in [5.41, 5.74) is 6.22. The number of hydrogen-bond acceptors (Lipinski definition) is 5. The lowest BCUT2D eigenvalue weighted by molar-refractivity contribution is -0.114. The number of hydrazone groups is 1. The first-order valence-corrected chi connectivity index (χ1v) is 12.9. The fourth-order valence-corrected chi connectivity index (χ4v) is 5.35. The number of aryl methyl sites for hydroxylation is 1. The molecule has 0 atom stereocenters. The summed E-state index contributed by atoms with van der Waals surface area (Å²) in [4.78, 5) is 19.0. The van der Waals surface area contributed by atoms with E-state index in [4.69, 9.17) is 19.9 Å². The topological polar surface area (TPSA) is 72.6 Å². The molecule has 0 radical (unpaired) electrons. The van der Waals surface area contributed by atoms with Crippen LogP contribution in [0.3, 0.4) is 0 Å². The number of hydrogen-bond donors (Lipinski definition) is 0. The van der Waals surface area contributed by atoms with E-state index in [9.17, 15) is 4.79 Å². The van der Waals surface area contributed by atoms with E-state index in [-0.39, 0.29) is 12.5 Å². The fourth-order valence-electron chi connectivity index (χ4n) is 4.97. The summed E-state index contributed by atoms with van der Waals surface area (Å²) in [6.07, 6.45) is 0. The third-order valence-electron chi connectivity index (χ3n) is 6.69. The van der Waals surface area contributed by atoms with Crippen LogP contribution >= 0.6 is 15.9 Å². The van der Waals surface area contributed by atoms with Gasteiger partial charge in [0.25, 0.3) is 5.91 Å². The number of pyridine rings is 1. The van der Waals surface area contributed by atoms with Gasteiger partial charge in [0.05, 0.1) is 39.4 Å². The van der Waals surface area contributed by atoms with Crippen molar-refractivity contribution >= 4 is 49.7 Å². The summed E-state index contributed by atoms with van der Waals surface area (Å²) < 4.78 is 9.13. The van der Waals surface area contributed by atoms with Crippen LogP contribution in [0.15, 0.2) is 106 Å². The van der Waals surface area contributed by atoms with Crippen molar-refractivity contribution in [1.82, 2.24) is 14.8 Å². The number of amides is 1. The molecule has 4 heterocycles. The number of nitrogens with zero attached hydrogens (tertiary/aromatic N) is 5. The van der Waals surface area contributed by atoms with Gasteiger partial charge in [-0.05, 0) is 55.5 Å². The number of ether oxygens (including phenoxy) is 1. The number of fused-ring (bicyclic) bond motifs is 3. The number of anilines is 1. The summed E-state index contributed by atoms with van der Waals surface area (Å²) >= 11 is 3.54. The molecule has 184 valence electrons. The van der Waals surface area contributed by atoms with Gasteiger partial charge in [-0.3, -0.25) is 4.79 Å². The first-order chi connectivity index (χ1) is 18.6. The molecule has 2 aliphatic heterocycles. The highest BCUT2D eigenvalue weighted by atomic mass is 79.9. The van der Waals surface area contributed by atoms with Crippen LogP contribution in [0.2, 0.25) is 0 Å². The summed E-state index contributed by atoms with van der Waals surface area (Å²) in [6, 6.07) is 29.1. The van der Waals surface area contributed by atoms with Crippen molar-refractivity contribution in [2.75, 3.05) is 11.6 Å². The molecule has 0 N–H and O–H groups in total. The van der Waals surface area contributed by atoms with Crippen LogP contribution in [0.25, 0.3) is 22.2 Å². The van der Waals surface area contributed by atoms with Crippen molar-refractivity contribution < 1.29 is 9.53 Å². The smallest absolute Gasteiger partial charge is 0.281 e. The van der Waals surface area contributed by atoms with Crippen LogP contribution in [-0.4, -0.2) is 33.0 Å². The third kappa shape index (κ3) is 3.56. The molecule has 2 aromatic heterocycles. The van der Waals surface area contributed by atoms with E-state index >= 15 is 0 Å². The van der Waals surface area contributed by atoms with Crippen molar-refractivity contribution in [2.24, 2.45) is 5.10 Å². The van der Waals surface area contributed by atoms with Gasteiger partial charge < -0.3 is 4.74 Å². The third-order valence-corrected chi connectivity index (χ3v) is 7.18. The van der Waals surface area contributed by atoms with Crippen LogP contribution in [0, 0.1) is 6.92 Å². The number of carbonyl (C=O) groups is 1. The van der Waals surface area contributed by atoms with Gasteiger partial charge in [-0.2, -0.15) is 15.2 Å². The molecule has 7 nitrogen and oxygen atoms in total. The normalized spacial score (nSPS) is 14.7. The van der Waals surface area contributed by atoms with Crippen molar-refractivity contribution in [1.29, 1.82) is 0 Å². The SMILES string of the molecule is Cc1nn(-c2ccccc2)c2c1C(c1ccc3cc(Br)ccc3n1)=C1C(=O)N(c3ccccc3)N=C1CO2. The average Bonchev–Trinajstić information content (AvgIpc) is 3.38. The Morgan fingerprint density at radius 3 is 2.37 bits per heavy atom. The molecule has 0 aliphatic carbocycles. The molecule has 2 aliphatic rings. The maximum absolute atomic E-state index is 14.0. The zero-order valence-corrected chi connectivity index (χ0v) is 21.9. The van der Waals surface area contributed by atoms with Crippen LogP contribution < -0.4 is 9.75 Å². The Balaban J connectivity index is 1.50. The predicted octanol–water partition coefficient (Wildman–Crippen LogP) is 6.09. The molecule has 0 saturated carbocycles. The Labute approximate surface area is 226 Å². The van der Waals surface area contributed by atoms with Crippen LogP contribution in [-0.2, 0) is 4.79 Å². The highest BCUT2D eigenvalue weighted by molar-refractivity contribution is 9.10. The number of carbonyl (C=O) groups excluding carboxylic acids is 1. The second kappa shape index (κ2) is 8.78. The summed E-state index contributed by atoms with van der Waals surface area (Å²) in [5.74, 6) is 0.340. The maximum Gasteiger partial charge on any atom is 0.281 e. The molecule has 7 rings (SSSR count). The van der Waals surface area contributed by atoms with E-state index < -0.39 is 0 Å². The van der Waals surface area contributed by atoms with Gasteiger partial charge in [0.2, 0.25) is 5.88 Å². The monoisotopic (exact) mass is 561 g/mol. The Hall–Kier alpha value is -4.56. The highest BCUT2D eigenvalue weighted by Crippen LogP contribution is 2.42. The zero-order chi connectivity index (χ0) is 25.8.